The van der Waals surface area contributed by atoms with E-state index in [0.29, 0.717) is 12.0 Å². The Kier molecular flexibility index (Phi) is 14.5. The lowest BCUT2D eigenvalue weighted by Gasteiger charge is -2.15. The third kappa shape index (κ3) is 10.4. The molecule has 1 N–H and O–H groups in total. The molecule has 27 heavy (non-hydrogen) atoms. The van der Waals surface area contributed by atoms with Gasteiger partial charge in [-0.3, -0.25) is 0 Å². The molecule has 0 radical (unpaired) electrons. The summed E-state index contributed by atoms with van der Waals surface area (Å²) in [6, 6.07) is 0.625. The number of aromatic nitrogens is 2. The van der Waals surface area contributed by atoms with E-state index < -0.39 is 0 Å². The van der Waals surface area contributed by atoms with E-state index in [1.807, 2.05) is 0 Å². The first-order valence-corrected chi connectivity index (χ1v) is 12.3. The maximum absolute atomic E-state index is 3.55. The molecule has 0 fully saturated rings. The lowest BCUT2D eigenvalue weighted by atomic mass is 9.97. The van der Waals surface area contributed by atoms with Crippen LogP contribution in [0.4, 0.5) is 0 Å². The third-order valence-corrected chi connectivity index (χ3v) is 6.23. The number of rotatable bonds is 18. The molecule has 158 valence electrons. The van der Waals surface area contributed by atoms with Gasteiger partial charge in [-0.15, -0.1) is 0 Å². The monoisotopic (exact) mass is 377 g/mol. The largest absolute Gasteiger partial charge is 0.257 e. The number of hydrogen-bond acceptors (Lipinski definition) is 0. The van der Waals surface area contributed by atoms with Crippen molar-refractivity contribution in [2.75, 3.05) is 0 Å². The highest BCUT2D eigenvalue weighted by Gasteiger charge is 2.23. The second-order valence-electron chi connectivity index (χ2n) is 8.67. The molecule has 2 unspecified atom stereocenters. The van der Waals surface area contributed by atoms with Gasteiger partial charge in [0, 0.05) is 0 Å². The Morgan fingerprint density at radius 3 is 1.85 bits per heavy atom. The molecule has 2 nitrogen and oxygen atoms in total. The zero-order valence-corrected chi connectivity index (χ0v) is 19.1. The Hall–Kier alpha value is -0.790. The summed E-state index contributed by atoms with van der Waals surface area (Å²) in [6.45, 7) is 9.33. The molecule has 0 aromatic carbocycles. The minimum Gasteiger partial charge on any atom is -0.247 e. The van der Waals surface area contributed by atoms with E-state index in [-0.39, 0.29) is 0 Å². The second-order valence-corrected chi connectivity index (χ2v) is 8.67. The van der Waals surface area contributed by atoms with Gasteiger partial charge in [0.15, 0.2) is 0 Å². The maximum Gasteiger partial charge on any atom is 0.257 e. The van der Waals surface area contributed by atoms with Crippen LogP contribution in [-0.2, 0) is 0 Å². The molecule has 0 amide bonds. The number of imidazole rings is 1. The van der Waals surface area contributed by atoms with Crippen LogP contribution < -0.4 is 4.57 Å². The van der Waals surface area contributed by atoms with Crippen LogP contribution in [0.25, 0.3) is 0 Å². The molecular formula is C25H49N2+. The molecule has 0 aliphatic heterocycles. The van der Waals surface area contributed by atoms with E-state index in [2.05, 4.69) is 49.6 Å². The van der Waals surface area contributed by atoms with Crippen molar-refractivity contribution in [2.45, 2.75) is 142 Å². The molecular weight excluding hydrogens is 328 g/mol. The topological polar surface area (TPSA) is 19.7 Å². The normalized spacial score (nSPS) is 13.8. The summed E-state index contributed by atoms with van der Waals surface area (Å²) in [7, 11) is 0. The van der Waals surface area contributed by atoms with Crippen LogP contribution in [0.15, 0.2) is 12.4 Å². The predicted octanol–water partition coefficient (Wildman–Crippen LogP) is 8.25. The summed E-state index contributed by atoms with van der Waals surface area (Å²) in [5.74, 6) is 2.15. The zero-order valence-electron chi connectivity index (χ0n) is 19.1. The van der Waals surface area contributed by atoms with Crippen molar-refractivity contribution in [3.63, 3.8) is 0 Å². The van der Waals surface area contributed by atoms with Crippen LogP contribution in [0.3, 0.4) is 0 Å². The molecule has 0 aliphatic carbocycles. The first kappa shape index (κ1) is 24.2. The minimum atomic E-state index is 0.625. The summed E-state index contributed by atoms with van der Waals surface area (Å²) >= 11 is 0. The van der Waals surface area contributed by atoms with Crippen LogP contribution >= 0.6 is 0 Å². The zero-order chi connectivity index (χ0) is 19.7. The fourth-order valence-electron chi connectivity index (χ4n) is 4.30. The van der Waals surface area contributed by atoms with Gasteiger partial charge in [-0.2, -0.15) is 0 Å². The average molecular weight is 378 g/mol. The molecule has 2 heteroatoms. The van der Waals surface area contributed by atoms with Crippen molar-refractivity contribution in [3.05, 3.63) is 18.2 Å². The van der Waals surface area contributed by atoms with E-state index in [9.17, 15) is 0 Å². The predicted molar refractivity (Wildman–Crippen MR) is 119 cm³/mol. The van der Waals surface area contributed by atoms with Crippen molar-refractivity contribution in [1.29, 1.82) is 0 Å². The van der Waals surface area contributed by atoms with Gasteiger partial charge in [0.2, 0.25) is 0 Å². The van der Waals surface area contributed by atoms with Crippen LogP contribution in [0.5, 0.6) is 0 Å². The summed E-state index contributed by atoms with van der Waals surface area (Å²) in [4.78, 5) is 3.55. The van der Waals surface area contributed by atoms with Gasteiger partial charge in [0.05, 0.1) is 12.0 Å². The first-order valence-electron chi connectivity index (χ1n) is 12.3. The second kappa shape index (κ2) is 16.2. The van der Waals surface area contributed by atoms with E-state index >= 15 is 0 Å². The summed E-state index contributed by atoms with van der Waals surface area (Å²) < 4.78 is 2.53. The van der Waals surface area contributed by atoms with E-state index in [0.717, 1.165) is 0 Å². The highest BCUT2D eigenvalue weighted by Crippen LogP contribution is 2.23. The smallest absolute Gasteiger partial charge is 0.247 e. The number of nitrogens with one attached hydrogen (secondary N) is 1. The van der Waals surface area contributed by atoms with Crippen molar-refractivity contribution in [1.82, 2.24) is 4.98 Å². The molecule has 1 aromatic heterocycles. The highest BCUT2D eigenvalue weighted by molar-refractivity contribution is 4.89. The first-order chi connectivity index (χ1) is 13.2. The Balaban J connectivity index is 2.17. The minimum absolute atomic E-state index is 0.625. The lowest BCUT2D eigenvalue weighted by molar-refractivity contribution is -0.727. The molecule has 0 aliphatic rings. The van der Waals surface area contributed by atoms with Crippen LogP contribution in [0.2, 0.25) is 0 Å². The Labute approximate surface area is 170 Å². The fourth-order valence-corrected chi connectivity index (χ4v) is 4.30. The Morgan fingerprint density at radius 2 is 1.30 bits per heavy atom. The summed E-state index contributed by atoms with van der Waals surface area (Å²) in [5.41, 5.74) is 0. The van der Waals surface area contributed by atoms with Crippen LogP contribution in [0.1, 0.15) is 148 Å². The standard InChI is InChI=1S/C25H48N2/c1-5-8-10-11-12-13-14-15-16-17-18-19-23(4)27-22-21-26-25(27)24(7-3)20-9-6-2/h21-24H,5-20H2,1-4H3/p+1. The average Bonchev–Trinajstić information content (AvgIpc) is 3.16. The maximum atomic E-state index is 3.55. The van der Waals surface area contributed by atoms with Gasteiger partial charge in [0.1, 0.15) is 12.4 Å². The highest BCUT2D eigenvalue weighted by atomic mass is 15.1. The number of H-pyrrole nitrogens is 1. The SMILES string of the molecule is CCCCCCCCCCCCCC(C)[n+]1cc[nH]c1C(CC)CCCC. The van der Waals surface area contributed by atoms with Gasteiger partial charge in [0.25, 0.3) is 5.82 Å². The summed E-state index contributed by atoms with van der Waals surface area (Å²) in [6.07, 6.45) is 26.6. The molecule has 1 aromatic rings. The third-order valence-electron chi connectivity index (χ3n) is 6.23. The van der Waals surface area contributed by atoms with Crippen LogP contribution in [0, 0.1) is 0 Å². The van der Waals surface area contributed by atoms with Gasteiger partial charge in [-0.1, -0.05) is 97.8 Å². The lowest BCUT2D eigenvalue weighted by Crippen LogP contribution is -2.41. The number of aromatic amines is 1. The van der Waals surface area contributed by atoms with Gasteiger partial charge >= 0.3 is 0 Å². The summed E-state index contributed by atoms with van der Waals surface area (Å²) in [5, 5.41) is 0. The quantitative estimate of drug-likeness (QED) is 0.196. The van der Waals surface area contributed by atoms with Gasteiger partial charge in [-0.05, 0) is 32.6 Å². The molecule has 1 rings (SSSR count). The van der Waals surface area contributed by atoms with Crippen LogP contribution in [-0.4, -0.2) is 4.98 Å². The molecule has 0 bridgehead atoms. The Morgan fingerprint density at radius 1 is 0.741 bits per heavy atom. The van der Waals surface area contributed by atoms with E-state index in [1.54, 1.807) is 0 Å². The van der Waals surface area contributed by atoms with Crippen molar-refractivity contribution in [2.24, 2.45) is 0 Å². The van der Waals surface area contributed by atoms with Crippen molar-refractivity contribution >= 4 is 0 Å². The number of unbranched alkanes of at least 4 members (excludes halogenated alkanes) is 11. The fraction of sp³-hybridized carbons (Fsp3) is 0.880. The van der Waals surface area contributed by atoms with Gasteiger partial charge in [-0.25, -0.2) is 9.55 Å². The van der Waals surface area contributed by atoms with Crippen molar-refractivity contribution < 1.29 is 4.57 Å². The van der Waals surface area contributed by atoms with Crippen molar-refractivity contribution in [3.8, 4) is 0 Å². The van der Waals surface area contributed by atoms with Gasteiger partial charge < -0.3 is 0 Å². The van der Waals surface area contributed by atoms with E-state index in [4.69, 9.17) is 0 Å². The molecule has 0 spiro atoms. The Bertz CT molecular complexity index is 437. The number of nitrogens with zero attached hydrogens (tertiary/aromatic N) is 1. The molecule has 0 saturated carbocycles. The van der Waals surface area contributed by atoms with E-state index in [1.165, 1.54) is 109 Å². The molecule has 1 heterocycles. The molecule has 2 atom stereocenters. The molecule has 0 saturated heterocycles. The number of hydrogen-bond donors (Lipinski definition) is 1.